The summed E-state index contributed by atoms with van der Waals surface area (Å²) < 4.78 is 5.86. The highest BCUT2D eigenvalue weighted by molar-refractivity contribution is 6.09. The molecule has 3 rings (SSSR count). The van der Waals surface area contributed by atoms with Crippen molar-refractivity contribution in [2.45, 2.75) is 26.2 Å². The van der Waals surface area contributed by atoms with Crippen LogP contribution in [0.25, 0.3) is 17.1 Å². The molecule has 112 valence electrons. The van der Waals surface area contributed by atoms with E-state index in [-0.39, 0.29) is 33.9 Å². The van der Waals surface area contributed by atoms with Crippen molar-refractivity contribution in [2.75, 3.05) is 0 Å². The predicted octanol–water partition coefficient (Wildman–Crippen LogP) is 3.46. The molecule has 0 saturated heterocycles. The van der Waals surface area contributed by atoms with Crippen molar-refractivity contribution in [1.82, 2.24) is 0 Å². The monoisotopic (exact) mass is 296 g/mol. The Kier molecular flexibility index (Phi) is 3.06. The highest BCUT2D eigenvalue weighted by atomic mass is 16.3. The van der Waals surface area contributed by atoms with Crippen LogP contribution in [-0.4, -0.2) is 10.9 Å². The minimum Gasteiger partial charge on any atom is -0.507 e. The second kappa shape index (κ2) is 4.70. The van der Waals surface area contributed by atoms with Crippen molar-refractivity contribution < 1.29 is 14.3 Å². The number of Topliss-reactive ketones (excluding diaryl/α,β-unsaturated/α-hetero) is 1. The molecule has 0 saturated carbocycles. The SMILES string of the molecule is CC1=C(O)c2c(oc(-c3ccccc3)cc2=O)C(C)(C)C1=O. The second-order valence-corrected chi connectivity index (χ2v) is 5.97. The lowest BCUT2D eigenvalue weighted by atomic mass is 9.75. The molecule has 1 heterocycles. The summed E-state index contributed by atoms with van der Waals surface area (Å²) >= 11 is 0. The summed E-state index contributed by atoms with van der Waals surface area (Å²) in [7, 11) is 0. The molecule has 22 heavy (non-hydrogen) atoms. The molecule has 1 aromatic carbocycles. The van der Waals surface area contributed by atoms with Crippen LogP contribution in [0.4, 0.5) is 0 Å². The van der Waals surface area contributed by atoms with E-state index in [2.05, 4.69) is 0 Å². The summed E-state index contributed by atoms with van der Waals surface area (Å²) in [5, 5.41) is 10.2. The lowest BCUT2D eigenvalue weighted by Crippen LogP contribution is -2.37. The van der Waals surface area contributed by atoms with Gasteiger partial charge < -0.3 is 9.52 Å². The molecule has 0 unspecified atom stereocenters. The van der Waals surface area contributed by atoms with Crippen LogP contribution < -0.4 is 5.43 Å². The van der Waals surface area contributed by atoms with Gasteiger partial charge in [0.2, 0.25) is 0 Å². The number of aliphatic hydroxyl groups excluding tert-OH is 1. The van der Waals surface area contributed by atoms with Gasteiger partial charge >= 0.3 is 0 Å². The number of hydrogen-bond acceptors (Lipinski definition) is 4. The maximum absolute atomic E-state index is 12.4. The molecule has 0 bridgehead atoms. The van der Waals surface area contributed by atoms with Gasteiger partial charge in [0.05, 0.1) is 5.41 Å². The maximum Gasteiger partial charge on any atom is 0.196 e. The minimum atomic E-state index is -0.990. The van der Waals surface area contributed by atoms with E-state index in [4.69, 9.17) is 4.42 Å². The van der Waals surface area contributed by atoms with Crippen LogP contribution in [0.3, 0.4) is 0 Å². The minimum absolute atomic E-state index is 0.0850. The van der Waals surface area contributed by atoms with E-state index in [9.17, 15) is 14.7 Å². The first-order valence-corrected chi connectivity index (χ1v) is 7.03. The molecule has 4 nitrogen and oxygen atoms in total. The third-order valence-corrected chi connectivity index (χ3v) is 4.07. The van der Waals surface area contributed by atoms with Crippen LogP contribution in [0.15, 0.2) is 51.2 Å². The van der Waals surface area contributed by atoms with Gasteiger partial charge in [0.1, 0.15) is 22.8 Å². The van der Waals surface area contributed by atoms with E-state index in [0.717, 1.165) is 5.56 Å². The van der Waals surface area contributed by atoms with Crippen molar-refractivity contribution in [3.05, 3.63) is 63.5 Å². The predicted molar refractivity (Wildman–Crippen MR) is 83.7 cm³/mol. The zero-order chi connectivity index (χ0) is 16.1. The fraction of sp³-hybridized carbons (Fsp3) is 0.222. The number of hydrogen-bond donors (Lipinski definition) is 1. The van der Waals surface area contributed by atoms with E-state index in [1.807, 2.05) is 30.3 Å². The molecule has 0 fully saturated rings. The average molecular weight is 296 g/mol. The van der Waals surface area contributed by atoms with Crippen molar-refractivity contribution in [3.8, 4) is 11.3 Å². The van der Waals surface area contributed by atoms with Crippen LogP contribution in [0.5, 0.6) is 0 Å². The third-order valence-electron chi connectivity index (χ3n) is 4.07. The second-order valence-electron chi connectivity index (χ2n) is 5.97. The molecule has 0 spiro atoms. The Balaban J connectivity index is 2.35. The van der Waals surface area contributed by atoms with Crippen LogP contribution >= 0.6 is 0 Å². The molecule has 0 radical (unpaired) electrons. The van der Waals surface area contributed by atoms with Crippen molar-refractivity contribution >= 4 is 11.5 Å². The molecule has 0 aliphatic heterocycles. The van der Waals surface area contributed by atoms with E-state index in [1.165, 1.54) is 13.0 Å². The molecule has 2 aromatic rings. The molecule has 4 heteroatoms. The fourth-order valence-electron chi connectivity index (χ4n) is 2.77. The quantitative estimate of drug-likeness (QED) is 0.875. The van der Waals surface area contributed by atoms with Crippen molar-refractivity contribution in [3.63, 3.8) is 0 Å². The Bertz CT molecular complexity index is 854. The van der Waals surface area contributed by atoms with Crippen molar-refractivity contribution in [2.24, 2.45) is 0 Å². The average Bonchev–Trinajstić information content (AvgIpc) is 2.51. The lowest BCUT2D eigenvalue weighted by molar-refractivity contribution is -0.120. The summed E-state index contributed by atoms with van der Waals surface area (Å²) in [5.74, 6) is 0.0723. The van der Waals surface area contributed by atoms with E-state index in [1.54, 1.807) is 13.8 Å². The number of allylic oxidation sites excluding steroid dienone is 1. The van der Waals surface area contributed by atoms with Gasteiger partial charge in [-0.25, -0.2) is 0 Å². The lowest BCUT2D eigenvalue weighted by Gasteiger charge is -2.29. The first-order valence-electron chi connectivity index (χ1n) is 7.03. The Morgan fingerprint density at radius 3 is 2.36 bits per heavy atom. The number of carbonyl (C=O) groups excluding carboxylic acids is 1. The molecule has 1 aromatic heterocycles. The molecule has 0 amide bonds. The Morgan fingerprint density at radius 1 is 1.09 bits per heavy atom. The largest absolute Gasteiger partial charge is 0.507 e. The molecular weight excluding hydrogens is 280 g/mol. The molecule has 1 N–H and O–H groups in total. The third kappa shape index (κ3) is 1.91. The smallest absolute Gasteiger partial charge is 0.196 e. The number of carbonyl (C=O) groups is 1. The van der Waals surface area contributed by atoms with Crippen LogP contribution in [0.2, 0.25) is 0 Å². The normalized spacial score (nSPS) is 16.6. The van der Waals surface area contributed by atoms with E-state index >= 15 is 0 Å². The number of ketones is 1. The van der Waals surface area contributed by atoms with E-state index < -0.39 is 5.41 Å². The van der Waals surface area contributed by atoms with Gasteiger partial charge in [-0.2, -0.15) is 0 Å². The van der Waals surface area contributed by atoms with Gasteiger partial charge in [0, 0.05) is 17.2 Å². The summed E-state index contributed by atoms with van der Waals surface area (Å²) in [6, 6.07) is 10.5. The molecule has 1 aliphatic carbocycles. The molecule has 0 atom stereocenters. The van der Waals surface area contributed by atoms with Gasteiger partial charge in [0.25, 0.3) is 0 Å². The first-order chi connectivity index (χ1) is 10.3. The van der Waals surface area contributed by atoms with Crippen LogP contribution in [-0.2, 0) is 10.2 Å². The van der Waals surface area contributed by atoms with Crippen molar-refractivity contribution in [1.29, 1.82) is 0 Å². The van der Waals surface area contributed by atoms with Gasteiger partial charge in [-0.1, -0.05) is 30.3 Å². The molecular formula is C18H16O4. The van der Waals surface area contributed by atoms with Crippen LogP contribution in [0, 0.1) is 0 Å². The first kappa shape index (κ1) is 14.3. The fourth-order valence-corrected chi connectivity index (χ4v) is 2.77. The maximum atomic E-state index is 12.4. The highest BCUT2D eigenvalue weighted by Crippen LogP contribution is 2.39. The summed E-state index contributed by atoms with van der Waals surface area (Å²) in [6.45, 7) is 4.91. The van der Waals surface area contributed by atoms with Gasteiger partial charge in [0.15, 0.2) is 11.2 Å². The van der Waals surface area contributed by atoms with Gasteiger partial charge in [-0.05, 0) is 20.8 Å². The summed E-state index contributed by atoms with van der Waals surface area (Å²) in [5.41, 5.74) is -0.316. The number of benzene rings is 1. The van der Waals surface area contributed by atoms with Gasteiger partial charge in [-0.3, -0.25) is 9.59 Å². The Labute approximate surface area is 127 Å². The number of aliphatic hydroxyl groups is 1. The molecule has 1 aliphatic rings. The Hall–Kier alpha value is -2.62. The zero-order valence-corrected chi connectivity index (χ0v) is 12.6. The topological polar surface area (TPSA) is 67.5 Å². The van der Waals surface area contributed by atoms with Gasteiger partial charge in [-0.15, -0.1) is 0 Å². The van der Waals surface area contributed by atoms with E-state index in [0.29, 0.717) is 5.76 Å². The van der Waals surface area contributed by atoms with Crippen LogP contribution in [0.1, 0.15) is 32.1 Å². The Morgan fingerprint density at radius 2 is 1.73 bits per heavy atom. The zero-order valence-electron chi connectivity index (χ0n) is 12.6. The highest BCUT2D eigenvalue weighted by Gasteiger charge is 2.43. The number of fused-ring (bicyclic) bond motifs is 1. The summed E-state index contributed by atoms with van der Waals surface area (Å²) in [4.78, 5) is 24.8. The standard InChI is InChI=1S/C18H16O4/c1-10-15(20)14-12(19)9-13(11-7-5-4-6-8-11)22-17(14)18(2,3)16(10)21/h4-9,20H,1-3H3. The summed E-state index contributed by atoms with van der Waals surface area (Å²) in [6.07, 6.45) is 0. The number of rotatable bonds is 1.